The van der Waals surface area contributed by atoms with Crippen LogP contribution in [0.15, 0.2) is 51.7 Å². The molecule has 0 radical (unpaired) electrons. The minimum Gasteiger partial charge on any atom is -0.459 e. The van der Waals surface area contributed by atoms with Crippen molar-refractivity contribution in [3.05, 3.63) is 68.6 Å². The Morgan fingerprint density at radius 1 is 1.09 bits per heavy atom. The molecule has 0 aliphatic carbocycles. The molecule has 3 heterocycles. The summed E-state index contributed by atoms with van der Waals surface area (Å²) in [5.41, 5.74) is 0.719. The van der Waals surface area contributed by atoms with Crippen molar-refractivity contribution < 1.29 is 27.5 Å². The van der Waals surface area contributed by atoms with Crippen molar-refractivity contribution in [1.82, 2.24) is 9.78 Å². The van der Waals surface area contributed by atoms with Crippen molar-refractivity contribution >= 4 is 45.8 Å². The molecular formula is C23H15Cl2F2N3O5. The summed E-state index contributed by atoms with van der Waals surface area (Å²) in [5, 5.41) is 5.30. The molecule has 0 saturated carbocycles. The number of fused-ring (bicyclic) bond motifs is 2. The number of amides is 1. The molecule has 1 amide bonds. The molecule has 0 fully saturated rings. The molecule has 0 spiro atoms. The van der Waals surface area contributed by atoms with Crippen LogP contribution in [0.25, 0.3) is 22.2 Å². The van der Waals surface area contributed by atoms with Crippen LogP contribution in [0, 0.1) is 6.92 Å². The second kappa shape index (κ2) is 8.24. The lowest BCUT2D eigenvalue weighted by molar-refractivity contribution is -0.286. The molecule has 0 bridgehead atoms. The summed E-state index contributed by atoms with van der Waals surface area (Å²) in [6.07, 6.45) is -3.78. The summed E-state index contributed by atoms with van der Waals surface area (Å²) in [4.78, 5) is 27.3. The third kappa shape index (κ3) is 4.30. The second-order valence-corrected chi connectivity index (χ2v) is 8.69. The number of rotatable bonds is 4. The van der Waals surface area contributed by atoms with E-state index in [0.29, 0.717) is 21.4 Å². The Balaban J connectivity index is 1.51. The highest BCUT2D eigenvalue weighted by atomic mass is 35.5. The fourth-order valence-corrected chi connectivity index (χ4v) is 4.24. The van der Waals surface area contributed by atoms with E-state index in [1.807, 2.05) is 0 Å². The van der Waals surface area contributed by atoms with Gasteiger partial charge in [0.05, 0.1) is 5.39 Å². The van der Waals surface area contributed by atoms with Crippen LogP contribution in [0.2, 0.25) is 10.0 Å². The summed E-state index contributed by atoms with van der Waals surface area (Å²) >= 11 is 12.3. The molecule has 180 valence electrons. The van der Waals surface area contributed by atoms with Crippen LogP contribution in [-0.2, 0) is 11.3 Å². The molecule has 35 heavy (non-hydrogen) atoms. The summed E-state index contributed by atoms with van der Waals surface area (Å²) in [6, 6.07) is 10.2. The zero-order chi connectivity index (χ0) is 25.1. The number of anilines is 1. The molecular weight excluding hydrogens is 507 g/mol. The summed E-state index contributed by atoms with van der Waals surface area (Å²) in [7, 11) is 1.43. The minimum absolute atomic E-state index is 0.150. The van der Waals surface area contributed by atoms with Gasteiger partial charge in [0.15, 0.2) is 17.1 Å². The molecule has 0 atom stereocenters. The second-order valence-electron chi connectivity index (χ2n) is 7.82. The quantitative estimate of drug-likeness (QED) is 0.364. The van der Waals surface area contributed by atoms with E-state index < -0.39 is 24.3 Å². The number of nitrogens with zero attached hydrogens (tertiary/aromatic N) is 3. The Morgan fingerprint density at radius 3 is 2.49 bits per heavy atom. The van der Waals surface area contributed by atoms with Crippen LogP contribution >= 0.6 is 23.2 Å². The highest BCUT2D eigenvalue weighted by Gasteiger charge is 2.43. The van der Waals surface area contributed by atoms with Gasteiger partial charge in [-0.2, -0.15) is 5.10 Å². The summed E-state index contributed by atoms with van der Waals surface area (Å²) < 4.78 is 42.2. The van der Waals surface area contributed by atoms with Gasteiger partial charge in [-0.3, -0.25) is 9.59 Å². The normalized spacial score (nSPS) is 13.9. The maximum Gasteiger partial charge on any atom is 0.586 e. The first-order valence-electron chi connectivity index (χ1n) is 10.1. The highest BCUT2D eigenvalue weighted by molar-refractivity contribution is 6.35. The third-order valence-electron chi connectivity index (χ3n) is 5.32. The molecule has 0 unspecified atom stereocenters. The maximum atomic E-state index is 13.3. The van der Waals surface area contributed by atoms with Gasteiger partial charge in [0.25, 0.3) is 5.56 Å². The SMILES string of the molecule is Cc1cc2c(=O)n(CC(=O)N(C)c3ccc4c(c3)OC(F)(F)O4)nc(-c3cc(Cl)cc(Cl)c3)c2o1. The van der Waals surface area contributed by atoms with E-state index in [2.05, 4.69) is 14.6 Å². The van der Waals surface area contributed by atoms with Crippen LogP contribution in [0.5, 0.6) is 11.5 Å². The first-order chi connectivity index (χ1) is 16.5. The standard InChI is InChI=1S/C23H15Cl2F2N3O5/c1-11-5-16-21(33-11)20(12-6-13(24)8-14(25)7-12)28-30(22(16)32)10-19(31)29(2)15-3-4-17-18(9-15)35-23(26,27)34-17/h3-9H,10H2,1-2H3. The summed E-state index contributed by atoms with van der Waals surface area (Å²) in [5.74, 6) is -0.424. The van der Waals surface area contributed by atoms with Gasteiger partial charge in [-0.15, -0.1) is 8.78 Å². The fraction of sp³-hybridized carbons (Fsp3) is 0.174. The van der Waals surface area contributed by atoms with Crippen molar-refractivity contribution in [2.75, 3.05) is 11.9 Å². The highest BCUT2D eigenvalue weighted by Crippen LogP contribution is 2.42. The summed E-state index contributed by atoms with van der Waals surface area (Å²) in [6.45, 7) is 1.24. The average Bonchev–Trinajstić information content (AvgIpc) is 3.31. The molecule has 1 aliphatic heterocycles. The smallest absolute Gasteiger partial charge is 0.459 e. The minimum atomic E-state index is -3.78. The van der Waals surface area contributed by atoms with Crippen molar-refractivity contribution in [2.45, 2.75) is 19.8 Å². The van der Waals surface area contributed by atoms with Gasteiger partial charge in [0, 0.05) is 34.4 Å². The number of aryl methyl sites for hydroxylation is 1. The van der Waals surface area contributed by atoms with Crippen LogP contribution in [0.4, 0.5) is 14.5 Å². The Kier molecular flexibility index (Phi) is 5.45. The molecule has 0 N–H and O–H groups in total. The first kappa shape index (κ1) is 23.1. The predicted octanol–water partition coefficient (Wildman–Crippen LogP) is 5.26. The van der Waals surface area contributed by atoms with Gasteiger partial charge in [-0.05, 0) is 43.3 Å². The monoisotopic (exact) mass is 521 g/mol. The van der Waals surface area contributed by atoms with Crippen molar-refractivity contribution in [1.29, 1.82) is 0 Å². The maximum absolute atomic E-state index is 13.3. The third-order valence-corrected chi connectivity index (χ3v) is 5.76. The predicted molar refractivity (Wildman–Crippen MR) is 125 cm³/mol. The van der Waals surface area contributed by atoms with Crippen LogP contribution in [0.3, 0.4) is 0 Å². The molecule has 1 aliphatic rings. The lowest BCUT2D eigenvalue weighted by atomic mass is 10.1. The number of aromatic nitrogens is 2. The van der Waals surface area contributed by atoms with E-state index in [-0.39, 0.29) is 33.8 Å². The van der Waals surface area contributed by atoms with Crippen molar-refractivity contribution in [3.8, 4) is 22.8 Å². The van der Waals surface area contributed by atoms with Crippen LogP contribution in [-0.4, -0.2) is 29.0 Å². The van der Waals surface area contributed by atoms with Crippen molar-refractivity contribution in [2.24, 2.45) is 0 Å². The number of benzene rings is 2. The number of alkyl halides is 2. The first-order valence-corrected chi connectivity index (χ1v) is 10.9. The Hall–Kier alpha value is -3.63. The fourth-order valence-electron chi connectivity index (χ4n) is 3.71. The number of ether oxygens (including phenoxy) is 2. The van der Waals surface area contributed by atoms with E-state index in [9.17, 15) is 18.4 Å². The van der Waals surface area contributed by atoms with Gasteiger partial charge in [-0.25, -0.2) is 4.68 Å². The van der Waals surface area contributed by atoms with Crippen LogP contribution in [0.1, 0.15) is 5.76 Å². The van der Waals surface area contributed by atoms with Gasteiger partial charge in [0.1, 0.15) is 18.0 Å². The van der Waals surface area contributed by atoms with E-state index >= 15 is 0 Å². The number of hydrogen-bond donors (Lipinski definition) is 0. The van der Waals surface area contributed by atoms with Crippen LogP contribution < -0.4 is 19.9 Å². The topological polar surface area (TPSA) is 86.8 Å². The number of furan rings is 1. The molecule has 5 rings (SSSR count). The molecule has 2 aromatic carbocycles. The molecule has 0 saturated heterocycles. The number of carbonyl (C=O) groups excluding carboxylic acids is 1. The lowest BCUT2D eigenvalue weighted by Crippen LogP contribution is -2.35. The largest absolute Gasteiger partial charge is 0.586 e. The molecule has 12 heteroatoms. The van der Waals surface area contributed by atoms with Crippen molar-refractivity contribution in [3.63, 3.8) is 0 Å². The van der Waals surface area contributed by atoms with Gasteiger partial charge in [0.2, 0.25) is 5.91 Å². The Labute approximate surface area is 206 Å². The lowest BCUT2D eigenvalue weighted by Gasteiger charge is -2.18. The molecule has 2 aromatic heterocycles. The average molecular weight is 522 g/mol. The van der Waals surface area contributed by atoms with E-state index in [0.717, 1.165) is 4.68 Å². The van der Waals surface area contributed by atoms with Gasteiger partial charge in [-0.1, -0.05) is 23.2 Å². The van der Waals surface area contributed by atoms with E-state index in [1.165, 1.54) is 30.1 Å². The van der Waals surface area contributed by atoms with Gasteiger partial charge < -0.3 is 18.8 Å². The number of carbonyl (C=O) groups is 1. The number of halogens is 4. The number of likely N-dealkylation sites (N-methyl/N-ethyl adjacent to an activating group) is 1. The zero-order valence-corrected chi connectivity index (χ0v) is 19.7. The Bertz CT molecular complexity index is 1550. The van der Waals surface area contributed by atoms with Gasteiger partial charge >= 0.3 is 6.29 Å². The zero-order valence-electron chi connectivity index (χ0n) is 18.1. The molecule has 8 nitrogen and oxygen atoms in total. The van der Waals surface area contributed by atoms with E-state index in [4.69, 9.17) is 27.6 Å². The van der Waals surface area contributed by atoms with E-state index in [1.54, 1.807) is 31.2 Å². The molecule has 4 aromatic rings. The number of hydrogen-bond acceptors (Lipinski definition) is 6. The Morgan fingerprint density at radius 2 is 1.77 bits per heavy atom.